The fourth-order valence-electron chi connectivity index (χ4n) is 2.62. The molecular weight excluding hydrogens is 364 g/mol. The normalized spacial score (nSPS) is 17.4. The van der Waals surface area contributed by atoms with Crippen LogP contribution in [0.2, 0.25) is 0 Å². The smallest absolute Gasteiger partial charge is 0.410 e. The van der Waals surface area contributed by atoms with Crippen LogP contribution in [0.15, 0.2) is 22.7 Å². The van der Waals surface area contributed by atoms with Gasteiger partial charge in [0, 0.05) is 11.0 Å². The Morgan fingerprint density at radius 3 is 2.78 bits per heavy atom. The van der Waals surface area contributed by atoms with E-state index in [9.17, 15) is 14.7 Å². The average Bonchev–Trinajstić information content (AvgIpc) is 2.52. The van der Waals surface area contributed by atoms with E-state index in [0.717, 1.165) is 15.6 Å². The Bertz CT molecular complexity index is 618. The van der Waals surface area contributed by atoms with Crippen molar-refractivity contribution in [2.24, 2.45) is 0 Å². The molecule has 0 fully saturated rings. The van der Waals surface area contributed by atoms with E-state index in [2.05, 4.69) is 21.2 Å². The number of aliphatic hydroxyl groups excluding tert-OH is 1. The fraction of sp³-hybridized carbons (Fsp3) is 0.500. The van der Waals surface area contributed by atoms with Gasteiger partial charge in [0.15, 0.2) is 0 Å². The van der Waals surface area contributed by atoms with Gasteiger partial charge in [0.05, 0.1) is 19.3 Å². The van der Waals surface area contributed by atoms with Gasteiger partial charge in [-0.15, -0.1) is 0 Å². The summed E-state index contributed by atoms with van der Waals surface area (Å²) in [6, 6.07) is 4.93. The van der Waals surface area contributed by atoms with Crippen molar-refractivity contribution in [2.45, 2.75) is 31.8 Å². The molecule has 0 bridgehead atoms. The molecule has 0 unspecified atom stereocenters. The molecule has 0 spiro atoms. The lowest BCUT2D eigenvalue weighted by atomic mass is 9.91. The number of carbonyl (C=O) groups excluding carboxylic acids is 2. The van der Waals surface area contributed by atoms with E-state index in [1.807, 2.05) is 18.2 Å². The van der Waals surface area contributed by atoms with E-state index in [1.54, 1.807) is 13.8 Å². The van der Waals surface area contributed by atoms with Crippen LogP contribution in [0.3, 0.4) is 0 Å². The first-order valence-corrected chi connectivity index (χ1v) is 8.14. The molecular formula is C16H21BrN2O4. The van der Waals surface area contributed by atoms with Gasteiger partial charge in [0.1, 0.15) is 6.04 Å². The first kappa shape index (κ1) is 17.7. The monoisotopic (exact) mass is 384 g/mol. The summed E-state index contributed by atoms with van der Waals surface area (Å²) in [6.45, 7) is 3.64. The number of carbonyl (C=O) groups is 2. The average molecular weight is 385 g/mol. The lowest BCUT2D eigenvalue weighted by molar-refractivity contribution is -0.128. The summed E-state index contributed by atoms with van der Waals surface area (Å²) in [4.78, 5) is 26.3. The molecule has 126 valence electrons. The number of aliphatic hydroxyl groups is 1. The summed E-state index contributed by atoms with van der Waals surface area (Å²) in [7, 11) is 1.30. The third-order valence-corrected chi connectivity index (χ3v) is 4.34. The van der Waals surface area contributed by atoms with Crippen LogP contribution in [-0.4, -0.2) is 47.8 Å². The molecule has 2 N–H and O–H groups in total. The molecule has 1 atom stereocenters. The van der Waals surface area contributed by atoms with Crippen LogP contribution in [0.5, 0.6) is 0 Å². The van der Waals surface area contributed by atoms with Crippen molar-refractivity contribution >= 4 is 27.9 Å². The third kappa shape index (κ3) is 3.84. The number of benzene rings is 1. The largest absolute Gasteiger partial charge is 0.453 e. The van der Waals surface area contributed by atoms with Gasteiger partial charge in [-0.3, -0.25) is 9.69 Å². The maximum Gasteiger partial charge on any atom is 0.410 e. The Labute approximate surface area is 143 Å². The molecule has 7 heteroatoms. The van der Waals surface area contributed by atoms with Crippen LogP contribution in [0, 0.1) is 0 Å². The van der Waals surface area contributed by atoms with Crippen molar-refractivity contribution in [3.05, 3.63) is 33.8 Å². The Hall–Kier alpha value is -1.60. The molecule has 0 aliphatic carbocycles. The number of methoxy groups -OCH3 is 1. The molecule has 0 aromatic heterocycles. The molecule has 0 saturated carbocycles. The highest BCUT2D eigenvalue weighted by Gasteiger charge is 2.38. The van der Waals surface area contributed by atoms with Crippen molar-refractivity contribution in [3.63, 3.8) is 0 Å². The number of hydrogen-bond acceptors (Lipinski definition) is 4. The molecule has 23 heavy (non-hydrogen) atoms. The molecule has 1 heterocycles. The molecule has 1 aromatic carbocycles. The fourth-order valence-corrected chi connectivity index (χ4v) is 3.00. The SMILES string of the molecule is COC(=O)N1CCc2ccc(Br)cc2[C@@H]1C(=O)NC(C)(C)CO. The standard InChI is InChI=1S/C16H21BrN2O4/c1-16(2,9-20)18-14(21)13-12-8-11(17)5-4-10(12)6-7-19(13)15(22)23-3/h4-5,8,13,20H,6-7,9H2,1-3H3,(H,18,21)/t13-/m1/s1. The van der Waals surface area contributed by atoms with Gasteiger partial charge in [0.2, 0.25) is 5.91 Å². The van der Waals surface area contributed by atoms with Crippen LogP contribution in [0.25, 0.3) is 0 Å². The second-order valence-electron chi connectivity index (χ2n) is 6.19. The van der Waals surface area contributed by atoms with Crippen molar-refractivity contribution in [1.82, 2.24) is 10.2 Å². The summed E-state index contributed by atoms with van der Waals surface area (Å²) in [5.41, 5.74) is 1.01. The quantitative estimate of drug-likeness (QED) is 0.835. The summed E-state index contributed by atoms with van der Waals surface area (Å²) in [6.07, 6.45) is 0.114. The minimum absolute atomic E-state index is 0.199. The first-order chi connectivity index (χ1) is 10.8. The van der Waals surface area contributed by atoms with E-state index in [0.29, 0.717) is 13.0 Å². The number of halogens is 1. The highest BCUT2D eigenvalue weighted by Crippen LogP contribution is 2.33. The van der Waals surface area contributed by atoms with Crippen molar-refractivity contribution < 1.29 is 19.4 Å². The Balaban J connectivity index is 2.42. The van der Waals surface area contributed by atoms with Crippen LogP contribution < -0.4 is 5.32 Å². The number of nitrogens with one attached hydrogen (secondary N) is 1. The molecule has 2 rings (SSSR count). The third-order valence-electron chi connectivity index (χ3n) is 3.85. The predicted octanol–water partition coefficient (Wildman–Crippen LogP) is 2.00. The Morgan fingerprint density at radius 1 is 1.48 bits per heavy atom. The van der Waals surface area contributed by atoms with Gasteiger partial charge < -0.3 is 15.2 Å². The highest BCUT2D eigenvalue weighted by atomic mass is 79.9. The first-order valence-electron chi connectivity index (χ1n) is 7.35. The highest BCUT2D eigenvalue weighted by molar-refractivity contribution is 9.10. The summed E-state index contributed by atoms with van der Waals surface area (Å²) in [5.74, 6) is -0.339. The van der Waals surface area contributed by atoms with Gasteiger partial charge in [-0.05, 0) is 43.5 Å². The molecule has 2 amide bonds. The van der Waals surface area contributed by atoms with E-state index >= 15 is 0 Å². The van der Waals surface area contributed by atoms with E-state index < -0.39 is 17.7 Å². The topological polar surface area (TPSA) is 78.9 Å². The zero-order valence-corrected chi connectivity index (χ0v) is 15.0. The zero-order chi connectivity index (χ0) is 17.2. The molecule has 1 aliphatic heterocycles. The molecule has 1 aliphatic rings. The predicted molar refractivity (Wildman–Crippen MR) is 89.0 cm³/mol. The van der Waals surface area contributed by atoms with E-state index in [4.69, 9.17) is 4.74 Å². The summed E-state index contributed by atoms with van der Waals surface area (Å²) >= 11 is 3.41. The summed E-state index contributed by atoms with van der Waals surface area (Å²) < 4.78 is 5.65. The van der Waals surface area contributed by atoms with E-state index in [1.165, 1.54) is 12.0 Å². The molecule has 6 nitrogen and oxygen atoms in total. The molecule has 1 aromatic rings. The number of hydrogen-bond donors (Lipinski definition) is 2. The van der Waals surface area contributed by atoms with Crippen molar-refractivity contribution in [2.75, 3.05) is 20.3 Å². The van der Waals surface area contributed by atoms with Gasteiger partial charge in [0.25, 0.3) is 0 Å². The maximum absolute atomic E-state index is 12.8. The Morgan fingerprint density at radius 2 is 2.17 bits per heavy atom. The number of rotatable bonds is 3. The minimum Gasteiger partial charge on any atom is -0.453 e. The zero-order valence-electron chi connectivity index (χ0n) is 13.4. The van der Waals surface area contributed by atoms with Crippen LogP contribution in [-0.2, 0) is 16.0 Å². The molecule has 0 saturated heterocycles. The lowest BCUT2D eigenvalue weighted by Crippen LogP contribution is -2.53. The lowest BCUT2D eigenvalue weighted by Gasteiger charge is -2.37. The summed E-state index contributed by atoms with van der Waals surface area (Å²) in [5, 5.41) is 12.2. The van der Waals surface area contributed by atoms with Crippen molar-refractivity contribution in [1.29, 1.82) is 0 Å². The maximum atomic E-state index is 12.8. The molecule has 0 radical (unpaired) electrons. The van der Waals surface area contributed by atoms with Gasteiger partial charge in [-0.1, -0.05) is 22.0 Å². The number of nitrogens with zero attached hydrogens (tertiary/aromatic N) is 1. The number of ether oxygens (including phenoxy) is 1. The van der Waals surface area contributed by atoms with E-state index in [-0.39, 0.29) is 12.5 Å². The van der Waals surface area contributed by atoms with Crippen molar-refractivity contribution in [3.8, 4) is 0 Å². The van der Waals surface area contributed by atoms with Crippen LogP contribution in [0.1, 0.15) is 31.0 Å². The second-order valence-corrected chi connectivity index (χ2v) is 7.11. The number of amides is 2. The Kier molecular flexibility index (Phi) is 5.31. The number of fused-ring (bicyclic) bond motifs is 1. The van der Waals surface area contributed by atoms with Gasteiger partial charge >= 0.3 is 6.09 Å². The second kappa shape index (κ2) is 6.88. The van der Waals surface area contributed by atoms with Gasteiger partial charge in [-0.2, -0.15) is 0 Å². The minimum atomic E-state index is -0.783. The van der Waals surface area contributed by atoms with Gasteiger partial charge in [-0.25, -0.2) is 4.79 Å². The van der Waals surface area contributed by atoms with Crippen LogP contribution >= 0.6 is 15.9 Å². The van der Waals surface area contributed by atoms with Crippen LogP contribution in [0.4, 0.5) is 4.79 Å².